The van der Waals surface area contributed by atoms with Gasteiger partial charge in [0.25, 0.3) is 0 Å². The topological polar surface area (TPSA) is 77.0 Å². The minimum Gasteiger partial charge on any atom is -0.406 e. The van der Waals surface area contributed by atoms with Gasteiger partial charge in [-0.1, -0.05) is 16.7 Å². The van der Waals surface area contributed by atoms with Gasteiger partial charge in [0, 0.05) is 11.4 Å². The average molecular weight is 273 g/mol. The van der Waals surface area contributed by atoms with E-state index in [2.05, 4.69) is 15.5 Å². The summed E-state index contributed by atoms with van der Waals surface area (Å²) in [5.74, 6) is 0.437. The van der Waals surface area contributed by atoms with Crippen LogP contribution in [0.25, 0.3) is 0 Å². The highest BCUT2D eigenvalue weighted by Gasteiger charge is 2.09. The lowest BCUT2D eigenvalue weighted by Crippen LogP contribution is -2.05. The number of thiophene rings is 1. The number of nitrogens with one attached hydrogen (secondary N) is 1. The van der Waals surface area contributed by atoms with Crippen LogP contribution >= 0.6 is 22.9 Å². The molecule has 7 heteroatoms. The Morgan fingerprint density at radius 1 is 1.53 bits per heavy atom. The lowest BCUT2D eigenvalue weighted by Gasteiger charge is -1.99. The summed E-state index contributed by atoms with van der Waals surface area (Å²) >= 11 is 7.41. The van der Waals surface area contributed by atoms with Crippen molar-refractivity contribution in [1.82, 2.24) is 10.2 Å². The van der Waals surface area contributed by atoms with Gasteiger partial charge < -0.3 is 15.5 Å². The minimum absolute atomic E-state index is 0.242. The predicted octanol–water partition coefficient (Wildman–Crippen LogP) is 2.46. The number of halogens is 1. The highest BCUT2D eigenvalue weighted by Crippen LogP contribution is 2.21. The first-order chi connectivity index (χ1) is 8.15. The lowest BCUT2D eigenvalue weighted by molar-refractivity contribution is 0.473. The maximum Gasteiger partial charge on any atom is 0.315 e. The third-order valence-electron chi connectivity index (χ3n) is 2.11. The zero-order valence-corrected chi connectivity index (χ0v) is 10.9. The molecule has 92 valence electrons. The summed E-state index contributed by atoms with van der Waals surface area (Å²) in [6.07, 6.45) is 0.868. The van der Waals surface area contributed by atoms with Gasteiger partial charge in [-0.3, -0.25) is 0 Å². The molecule has 2 aromatic heterocycles. The third-order valence-corrected chi connectivity index (χ3v) is 3.40. The van der Waals surface area contributed by atoms with Crippen LogP contribution in [0, 0.1) is 0 Å². The monoisotopic (exact) mass is 272 g/mol. The number of nitrogens with zero attached hydrogens (tertiary/aromatic N) is 2. The molecular weight excluding hydrogens is 260 g/mol. The summed E-state index contributed by atoms with van der Waals surface area (Å²) in [4.78, 5) is 1.22. The average Bonchev–Trinajstić information content (AvgIpc) is 2.88. The number of anilines is 1. The van der Waals surface area contributed by atoms with Crippen molar-refractivity contribution in [3.8, 4) is 0 Å². The molecule has 2 aromatic rings. The van der Waals surface area contributed by atoms with Crippen molar-refractivity contribution >= 4 is 29.0 Å². The van der Waals surface area contributed by atoms with Crippen LogP contribution < -0.4 is 11.1 Å². The highest BCUT2D eigenvalue weighted by molar-refractivity contribution is 7.16. The fourth-order valence-electron chi connectivity index (χ4n) is 1.27. The van der Waals surface area contributed by atoms with Crippen LogP contribution in [0.3, 0.4) is 0 Å². The van der Waals surface area contributed by atoms with E-state index in [1.54, 1.807) is 18.3 Å². The molecule has 17 heavy (non-hydrogen) atoms. The van der Waals surface area contributed by atoms with Crippen molar-refractivity contribution in [3.63, 3.8) is 0 Å². The first-order valence-electron chi connectivity index (χ1n) is 5.22. The maximum atomic E-state index is 5.84. The Balaban J connectivity index is 1.81. The van der Waals surface area contributed by atoms with Gasteiger partial charge in [0.05, 0.1) is 10.4 Å². The van der Waals surface area contributed by atoms with Crippen LogP contribution in [-0.2, 0) is 6.42 Å². The second-order valence-electron chi connectivity index (χ2n) is 3.62. The van der Waals surface area contributed by atoms with E-state index in [-0.39, 0.29) is 6.04 Å². The van der Waals surface area contributed by atoms with Crippen LogP contribution in [0.15, 0.2) is 16.5 Å². The van der Waals surface area contributed by atoms with Crippen molar-refractivity contribution in [3.05, 3.63) is 27.2 Å². The van der Waals surface area contributed by atoms with Gasteiger partial charge in [0.2, 0.25) is 5.89 Å². The number of nitrogens with two attached hydrogens (primary N) is 1. The van der Waals surface area contributed by atoms with E-state index in [9.17, 15) is 0 Å². The molecule has 0 aliphatic carbocycles. The van der Waals surface area contributed by atoms with E-state index in [1.165, 1.54) is 4.88 Å². The second-order valence-corrected chi connectivity index (χ2v) is 5.42. The normalized spacial score (nSPS) is 12.6. The highest BCUT2D eigenvalue weighted by atomic mass is 35.5. The number of hydrogen-bond donors (Lipinski definition) is 2. The fourth-order valence-corrected chi connectivity index (χ4v) is 2.36. The van der Waals surface area contributed by atoms with Crippen LogP contribution in [0.1, 0.15) is 23.7 Å². The molecule has 0 amide bonds. The smallest absolute Gasteiger partial charge is 0.315 e. The zero-order valence-electron chi connectivity index (χ0n) is 9.31. The van der Waals surface area contributed by atoms with Crippen molar-refractivity contribution in [2.24, 2.45) is 5.73 Å². The summed E-state index contributed by atoms with van der Waals surface area (Å²) in [6, 6.07) is 4.06. The molecule has 2 rings (SSSR count). The number of rotatable bonds is 5. The van der Waals surface area contributed by atoms with E-state index in [0.717, 1.165) is 17.3 Å². The quantitative estimate of drug-likeness (QED) is 0.874. The van der Waals surface area contributed by atoms with Crippen molar-refractivity contribution < 1.29 is 4.42 Å². The Kier molecular flexibility index (Phi) is 3.98. The molecule has 0 aliphatic heterocycles. The van der Waals surface area contributed by atoms with Crippen LogP contribution in [0.5, 0.6) is 0 Å². The Labute approximate surface area is 108 Å². The maximum absolute atomic E-state index is 5.84. The molecule has 1 atom stereocenters. The van der Waals surface area contributed by atoms with Crippen LogP contribution in [-0.4, -0.2) is 16.7 Å². The van der Waals surface area contributed by atoms with Gasteiger partial charge in [-0.25, -0.2) is 0 Å². The predicted molar refractivity (Wildman–Crippen MR) is 68.4 cm³/mol. The first-order valence-corrected chi connectivity index (χ1v) is 6.41. The molecule has 0 radical (unpaired) electrons. The molecule has 3 N–H and O–H groups in total. The molecule has 0 aromatic carbocycles. The summed E-state index contributed by atoms with van der Waals surface area (Å²) in [5.41, 5.74) is 5.61. The molecule has 2 heterocycles. The molecule has 0 bridgehead atoms. The Hall–Kier alpha value is -1.11. The molecule has 0 aliphatic rings. The zero-order chi connectivity index (χ0) is 12.3. The van der Waals surface area contributed by atoms with Gasteiger partial charge in [0.15, 0.2) is 0 Å². The van der Waals surface area contributed by atoms with Crippen molar-refractivity contribution in [2.75, 3.05) is 11.9 Å². The van der Waals surface area contributed by atoms with Gasteiger partial charge in [-0.2, -0.15) is 0 Å². The number of hydrogen-bond acceptors (Lipinski definition) is 6. The first kappa shape index (κ1) is 12.3. The lowest BCUT2D eigenvalue weighted by atomic mass is 10.3. The molecule has 0 saturated heterocycles. The Morgan fingerprint density at radius 2 is 2.35 bits per heavy atom. The van der Waals surface area contributed by atoms with Gasteiger partial charge in [-0.05, 0) is 25.5 Å². The minimum atomic E-state index is -0.242. The molecule has 1 unspecified atom stereocenters. The van der Waals surface area contributed by atoms with E-state index in [4.69, 9.17) is 21.8 Å². The SMILES string of the molecule is CC(N)c1nnc(NCCc2ccc(Cl)s2)o1. The van der Waals surface area contributed by atoms with Crippen LogP contribution in [0.4, 0.5) is 6.01 Å². The summed E-state index contributed by atoms with van der Waals surface area (Å²) in [6.45, 7) is 2.52. The summed E-state index contributed by atoms with van der Waals surface area (Å²) < 4.78 is 6.11. The second kappa shape index (κ2) is 5.48. The van der Waals surface area contributed by atoms with Gasteiger partial charge in [0.1, 0.15) is 0 Å². The summed E-state index contributed by atoms with van der Waals surface area (Å²) in [5, 5.41) is 10.7. The standard InChI is InChI=1S/C10H13ClN4OS/c1-6(12)9-14-15-10(16-9)13-5-4-7-2-3-8(11)17-7/h2-3,6H,4-5,12H2,1H3,(H,13,15). The van der Waals surface area contributed by atoms with Gasteiger partial charge in [-0.15, -0.1) is 16.4 Å². The molecule has 0 saturated carbocycles. The number of aromatic nitrogens is 2. The van der Waals surface area contributed by atoms with E-state index < -0.39 is 0 Å². The Morgan fingerprint density at radius 3 is 2.94 bits per heavy atom. The molecule has 5 nitrogen and oxygen atoms in total. The largest absolute Gasteiger partial charge is 0.406 e. The van der Waals surface area contributed by atoms with Crippen LogP contribution in [0.2, 0.25) is 4.34 Å². The van der Waals surface area contributed by atoms with E-state index >= 15 is 0 Å². The molecular formula is C10H13ClN4OS. The van der Waals surface area contributed by atoms with Gasteiger partial charge >= 0.3 is 6.01 Å². The third kappa shape index (κ3) is 3.42. The fraction of sp³-hybridized carbons (Fsp3) is 0.400. The Bertz CT molecular complexity index is 482. The van der Waals surface area contributed by atoms with E-state index in [0.29, 0.717) is 11.9 Å². The van der Waals surface area contributed by atoms with Crippen molar-refractivity contribution in [2.45, 2.75) is 19.4 Å². The molecule has 0 spiro atoms. The van der Waals surface area contributed by atoms with Crippen molar-refractivity contribution in [1.29, 1.82) is 0 Å². The van der Waals surface area contributed by atoms with E-state index in [1.807, 2.05) is 12.1 Å². The summed E-state index contributed by atoms with van der Waals surface area (Å²) in [7, 11) is 0. The molecule has 0 fully saturated rings.